The maximum absolute atomic E-state index is 5.14. The molecule has 2 rings (SSSR count). The Morgan fingerprint density at radius 2 is 2.36 bits per heavy atom. The van der Waals surface area contributed by atoms with Crippen LogP contribution in [0.3, 0.4) is 0 Å². The number of H-pyrrole nitrogens is 1. The van der Waals surface area contributed by atoms with Crippen molar-refractivity contribution >= 4 is 11.0 Å². The van der Waals surface area contributed by atoms with E-state index in [0.717, 1.165) is 17.6 Å². The SMILES string of the molecule is NNCNCc1ccc2nc[nH]c2c1. The number of nitrogens with zero attached hydrogens (tertiary/aromatic N) is 1. The van der Waals surface area contributed by atoms with Crippen LogP contribution in [-0.2, 0) is 6.54 Å². The third kappa shape index (κ3) is 1.90. The van der Waals surface area contributed by atoms with E-state index >= 15 is 0 Å². The molecule has 0 aliphatic rings. The van der Waals surface area contributed by atoms with Crippen molar-refractivity contribution in [3.8, 4) is 0 Å². The van der Waals surface area contributed by atoms with Gasteiger partial charge < -0.3 is 4.98 Å². The number of hydrogen-bond donors (Lipinski definition) is 4. The van der Waals surface area contributed by atoms with Crippen LogP contribution in [0.4, 0.5) is 0 Å². The van der Waals surface area contributed by atoms with Crippen molar-refractivity contribution < 1.29 is 0 Å². The van der Waals surface area contributed by atoms with E-state index in [4.69, 9.17) is 5.84 Å². The minimum absolute atomic E-state index is 0.598. The highest BCUT2D eigenvalue weighted by atomic mass is 15.3. The maximum Gasteiger partial charge on any atom is 0.0931 e. The number of hydrazine groups is 1. The molecule has 0 radical (unpaired) electrons. The van der Waals surface area contributed by atoms with Crippen LogP contribution in [0.1, 0.15) is 5.56 Å². The third-order valence-corrected chi connectivity index (χ3v) is 2.04. The number of aromatic amines is 1. The molecule has 0 saturated carbocycles. The summed E-state index contributed by atoms with van der Waals surface area (Å²) in [5, 5.41) is 3.14. The summed E-state index contributed by atoms with van der Waals surface area (Å²) < 4.78 is 0. The summed E-state index contributed by atoms with van der Waals surface area (Å²) >= 11 is 0. The Morgan fingerprint density at radius 3 is 3.21 bits per heavy atom. The number of imidazole rings is 1. The van der Waals surface area contributed by atoms with Crippen molar-refractivity contribution in [1.82, 2.24) is 20.7 Å². The molecule has 1 heterocycles. The van der Waals surface area contributed by atoms with Gasteiger partial charge >= 0.3 is 0 Å². The van der Waals surface area contributed by atoms with Gasteiger partial charge in [-0.1, -0.05) is 6.07 Å². The fourth-order valence-corrected chi connectivity index (χ4v) is 1.37. The number of benzene rings is 1. The van der Waals surface area contributed by atoms with Gasteiger partial charge in [0.2, 0.25) is 0 Å². The smallest absolute Gasteiger partial charge is 0.0931 e. The van der Waals surface area contributed by atoms with Gasteiger partial charge in [0.05, 0.1) is 24.0 Å². The molecule has 0 atom stereocenters. The molecule has 5 nitrogen and oxygen atoms in total. The first-order valence-electron chi connectivity index (χ1n) is 4.46. The lowest BCUT2D eigenvalue weighted by Crippen LogP contribution is -2.33. The van der Waals surface area contributed by atoms with Gasteiger partial charge in [0.1, 0.15) is 0 Å². The number of nitrogens with one attached hydrogen (secondary N) is 3. The molecule has 0 fully saturated rings. The van der Waals surface area contributed by atoms with Gasteiger partial charge in [-0.05, 0) is 17.7 Å². The van der Waals surface area contributed by atoms with Gasteiger partial charge in [0.25, 0.3) is 0 Å². The zero-order valence-corrected chi connectivity index (χ0v) is 7.75. The van der Waals surface area contributed by atoms with Crippen molar-refractivity contribution in [2.24, 2.45) is 5.84 Å². The summed E-state index contributed by atoms with van der Waals surface area (Å²) in [6.07, 6.45) is 1.70. The summed E-state index contributed by atoms with van der Waals surface area (Å²) in [6, 6.07) is 6.12. The second-order valence-electron chi connectivity index (χ2n) is 3.06. The zero-order chi connectivity index (χ0) is 9.80. The van der Waals surface area contributed by atoms with Crippen LogP contribution in [0.2, 0.25) is 0 Å². The van der Waals surface area contributed by atoms with Crippen molar-refractivity contribution in [3.05, 3.63) is 30.1 Å². The number of nitrogens with two attached hydrogens (primary N) is 1. The molecule has 0 spiro atoms. The lowest BCUT2D eigenvalue weighted by atomic mass is 10.2. The van der Waals surface area contributed by atoms with Crippen LogP contribution in [0.25, 0.3) is 11.0 Å². The molecule has 0 aliphatic heterocycles. The molecule has 1 aromatic heterocycles. The van der Waals surface area contributed by atoms with Gasteiger partial charge in [0, 0.05) is 6.54 Å². The molecule has 2 aromatic rings. The molecule has 0 bridgehead atoms. The average Bonchev–Trinajstić information content (AvgIpc) is 2.65. The summed E-state index contributed by atoms with van der Waals surface area (Å²) in [5.41, 5.74) is 5.80. The first-order chi connectivity index (χ1) is 6.90. The zero-order valence-electron chi connectivity index (χ0n) is 7.75. The monoisotopic (exact) mass is 191 g/mol. The molecular formula is C9H13N5. The van der Waals surface area contributed by atoms with Gasteiger partial charge in [0.15, 0.2) is 0 Å². The molecule has 0 saturated heterocycles. The first kappa shape index (κ1) is 9.14. The quantitative estimate of drug-likeness (QED) is 0.239. The van der Waals surface area contributed by atoms with E-state index in [1.54, 1.807) is 6.33 Å². The maximum atomic E-state index is 5.14. The second kappa shape index (κ2) is 4.19. The van der Waals surface area contributed by atoms with E-state index in [2.05, 4.69) is 26.8 Å². The molecule has 1 aromatic carbocycles. The third-order valence-electron chi connectivity index (χ3n) is 2.04. The molecule has 5 heteroatoms. The lowest BCUT2D eigenvalue weighted by Gasteiger charge is -2.03. The molecular weight excluding hydrogens is 178 g/mol. The standard InChI is InChI=1S/C9H13N5/c10-14-5-11-4-7-1-2-8-9(3-7)13-6-12-8/h1-3,6,11,14H,4-5,10H2,(H,12,13). The fourth-order valence-electron chi connectivity index (χ4n) is 1.37. The van der Waals surface area contributed by atoms with Crippen molar-refractivity contribution in [2.45, 2.75) is 6.54 Å². The molecule has 5 N–H and O–H groups in total. The van der Waals surface area contributed by atoms with Gasteiger partial charge in [-0.3, -0.25) is 11.2 Å². The fraction of sp³-hybridized carbons (Fsp3) is 0.222. The lowest BCUT2D eigenvalue weighted by molar-refractivity contribution is 0.601. The molecule has 14 heavy (non-hydrogen) atoms. The molecule has 74 valence electrons. The summed E-state index contributed by atoms with van der Waals surface area (Å²) in [6.45, 7) is 1.39. The van der Waals surface area contributed by atoms with Crippen LogP contribution in [0.5, 0.6) is 0 Å². The molecule has 0 amide bonds. The summed E-state index contributed by atoms with van der Waals surface area (Å²) in [4.78, 5) is 7.22. The topological polar surface area (TPSA) is 78.8 Å². The van der Waals surface area contributed by atoms with E-state index in [9.17, 15) is 0 Å². The van der Waals surface area contributed by atoms with Gasteiger partial charge in [-0.2, -0.15) is 0 Å². The number of hydrogen-bond acceptors (Lipinski definition) is 4. The van der Waals surface area contributed by atoms with Crippen LogP contribution in [-0.4, -0.2) is 16.6 Å². The largest absolute Gasteiger partial charge is 0.345 e. The number of fused-ring (bicyclic) bond motifs is 1. The Kier molecular flexibility index (Phi) is 2.73. The van der Waals surface area contributed by atoms with Crippen LogP contribution >= 0.6 is 0 Å². The average molecular weight is 191 g/mol. The molecule has 0 aliphatic carbocycles. The van der Waals surface area contributed by atoms with Crippen molar-refractivity contribution in [3.63, 3.8) is 0 Å². The van der Waals surface area contributed by atoms with E-state index in [1.807, 2.05) is 12.1 Å². The Hall–Kier alpha value is -1.43. The first-order valence-corrected chi connectivity index (χ1v) is 4.46. The van der Waals surface area contributed by atoms with Gasteiger partial charge in [-0.25, -0.2) is 10.4 Å². The Bertz CT molecular complexity index is 408. The normalized spacial score (nSPS) is 10.9. The van der Waals surface area contributed by atoms with Gasteiger partial charge in [-0.15, -0.1) is 0 Å². The number of aromatic nitrogens is 2. The minimum atomic E-state index is 0.598. The summed E-state index contributed by atoms with van der Waals surface area (Å²) in [5.74, 6) is 5.14. The minimum Gasteiger partial charge on any atom is -0.345 e. The highest BCUT2D eigenvalue weighted by Gasteiger charge is 1.97. The van der Waals surface area contributed by atoms with Crippen LogP contribution in [0.15, 0.2) is 24.5 Å². The van der Waals surface area contributed by atoms with Crippen LogP contribution in [0, 0.1) is 0 Å². The predicted molar refractivity (Wildman–Crippen MR) is 55.1 cm³/mol. The van der Waals surface area contributed by atoms with E-state index in [-0.39, 0.29) is 0 Å². The van der Waals surface area contributed by atoms with E-state index in [0.29, 0.717) is 6.67 Å². The Morgan fingerprint density at radius 1 is 1.43 bits per heavy atom. The van der Waals surface area contributed by atoms with E-state index < -0.39 is 0 Å². The number of rotatable bonds is 4. The Balaban J connectivity index is 2.10. The van der Waals surface area contributed by atoms with E-state index in [1.165, 1.54) is 5.56 Å². The highest BCUT2D eigenvalue weighted by Crippen LogP contribution is 2.10. The second-order valence-corrected chi connectivity index (χ2v) is 3.06. The van der Waals surface area contributed by atoms with Crippen molar-refractivity contribution in [1.29, 1.82) is 0 Å². The van der Waals surface area contributed by atoms with Crippen LogP contribution < -0.4 is 16.6 Å². The highest BCUT2D eigenvalue weighted by molar-refractivity contribution is 5.74. The van der Waals surface area contributed by atoms with Crippen molar-refractivity contribution in [2.75, 3.05) is 6.67 Å². The summed E-state index contributed by atoms with van der Waals surface area (Å²) in [7, 11) is 0. The predicted octanol–water partition coefficient (Wildman–Crippen LogP) is 0.0733. The Labute approximate surface area is 81.7 Å². The molecule has 0 unspecified atom stereocenters.